The first-order valence-corrected chi connectivity index (χ1v) is 5.83. The van der Waals surface area contributed by atoms with Crippen LogP contribution in [0, 0.1) is 6.92 Å². The van der Waals surface area contributed by atoms with E-state index in [2.05, 4.69) is 20.5 Å². The van der Waals surface area contributed by atoms with Gasteiger partial charge in [0.25, 0.3) is 0 Å². The molecule has 2 rings (SSSR count). The van der Waals surface area contributed by atoms with Crippen molar-refractivity contribution in [2.45, 2.75) is 19.8 Å². The number of rotatable bonds is 4. The Morgan fingerprint density at radius 2 is 2.50 bits per heavy atom. The summed E-state index contributed by atoms with van der Waals surface area (Å²) in [5, 5.41) is 11.1. The molecular weight excluding hydrogens is 224 g/mol. The van der Waals surface area contributed by atoms with Gasteiger partial charge in [0.1, 0.15) is 5.82 Å². The summed E-state index contributed by atoms with van der Waals surface area (Å²) in [4.78, 5) is 16.7. The highest BCUT2D eigenvalue weighted by Gasteiger charge is 2.06. The average Bonchev–Trinajstić information content (AvgIpc) is 2.87. The third-order valence-electron chi connectivity index (χ3n) is 2.03. The van der Waals surface area contributed by atoms with Crippen LogP contribution in [0.3, 0.4) is 0 Å². The Labute approximate surface area is 96.9 Å². The predicted octanol–water partition coefficient (Wildman–Crippen LogP) is 1.75. The van der Waals surface area contributed by atoms with Crippen LogP contribution in [-0.4, -0.2) is 21.1 Å². The zero-order valence-electron chi connectivity index (χ0n) is 8.86. The van der Waals surface area contributed by atoms with E-state index in [0.29, 0.717) is 18.2 Å². The number of hydrogen-bond donors (Lipinski definition) is 2. The van der Waals surface area contributed by atoms with E-state index in [-0.39, 0.29) is 5.91 Å². The van der Waals surface area contributed by atoms with E-state index in [1.165, 1.54) is 4.88 Å². The molecule has 0 aliphatic heterocycles. The summed E-state index contributed by atoms with van der Waals surface area (Å²) in [7, 11) is 0. The number of carbonyl (C=O) groups is 1. The summed E-state index contributed by atoms with van der Waals surface area (Å²) in [5.74, 6) is 0.967. The van der Waals surface area contributed by atoms with Crippen molar-refractivity contribution in [1.82, 2.24) is 15.2 Å². The van der Waals surface area contributed by atoms with Gasteiger partial charge >= 0.3 is 0 Å². The Morgan fingerprint density at radius 1 is 1.62 bits per heavy atom. The molecule has 2 heterocycles. The average molecular weight is 236 g/mol. The lowest BCUT2D eigenvalue weighted by Gasteiger charge is -1.98. The second-order valence-electron chi connectivity index (χ2n) is 3.37. The van der Waals surface area contributed by atoms with Crippen LogP contribution in [0.4, 0.5) is 5.95 Å². The van der Waals surface area contributed by atoms with Crippen molar-refractivity contribution in [2.24, 2.45) is 0 Å². The van der Waals surface area contributed by atoms with E-state index in [0.717, 1.165) is 6.42 Å². The van der Waals surface area contributed by atoms with Gasteiger partial charge in [-0.3, -0.25) is 15.2 Å². The Balaban J connectivity index is 1.81. The standard InChI is InChI=1S/C10H12N4OS/c1-7-11-10(14-13-7)12-9(15)5-4-8-3-2-6-16-8/h2-3,6H,4-5H2,1H3,(H2,11,12,13,14,15). The quantitative estimate of drug-likeness (QED) is 0.849. The van der Waals surface area contributed by atoms with Gasteiger partial charge in [-0.25, -0.2) is 0 Å². The molecule has 0 aliphatic rings. The van der Waals surface area contributed by atoms with E-state index in [4.69, 9.17) is 0 Å². The molecular formula is C10H12N4OS. The molecule has 0 aromatic carbocycles. The topological polar surface area (TPSA) is 70.7 Å². The minimum atomic E-state index is -0.0626. The molecule has 0 spiro atoms. The van der Waals surface area contributed by atoms with Crippen LogP contribution in [0.25, 0.3) is 0 Å². The van der Waals surface area contributed by atoms with Gasteiger partial charge in [-0.2, -0.15) is 4.98 Å². The second-order valence-corrected chi connectivity index (χ2v) is 4.40. The number of thiophene rings is 1. The first kappa shape index (κ1) is 10.8. The molecule has 2 aromatic rings. The number of aromatic nitrogens is 3. The highest BCUT2D eigenvalue weighted by Crippen LogP contribution is 2.11. The van der Waals surface area contributed by atoms with Gasteiger partial charge in [0.05, 0.1) is 0 Å². The summed E-state index contributed by atoms with van der Waals surface area (Å²) in [6.07, 6.45) is 1.21. The molecule has 16 heavy (non-hydrogen) atoms. The Morgan fingerprint density at radius 3 is 3.12 bits per heavy atom. The van der Waals surface area contributed by atoms with Crippen molar-refractivity contribution in [2.75, 3.05) is 5.32 Å². The maximum atomic E-state index is 11.5. The summed E-state index contributed by atoms with van der Waals surface area (Å²) < 4.78 is 0. The normalized spacial score (nSPS) is 10.3. The smallest absolute Gasteiger partial charge is 0.248 e. The minimum absolute atomic E-state index is 0.0626. The lowest BCUT2D eigenvalue weighted by Crippen LogP contribution is -2.13. The van der Waals surface area contributed by atoms with Gasteiger partial charge in [0.2, 0.25) is 11.9 Å². The molecule has 5 nitrogen and oxygen atoms in total. The van der Waals surface area contributed by atoms with E-state index < -0.39 is 0 Å². The highest BCUT2D eigenvalue weighted by atomic mass is 32.1. The molecule has 0 saturated carbocycles. The molecule has 2 aromatic heterocycles. The SMILES string of the molecule is Cc1nc(NC(=O)CCc2cccs2)n[nH]1. The van der Waals surface area contributed by atoms with Gasteiger partial charge in [-0.1, -0.05) is 6.07 Å². The monoisotopic (exact) mass is 236 g/mol. The van der Waals surface area contributed by atoms with Crippen LogP contribution in [-0.2, 0) is 11.2 Å². The van der Waals surface area contributed by atoms with Crippen molar-refractivity contribution in [1.29, 1.82) is 0 Å². The fourth-order valence-corrected chi connectivity index (χ4v) is 1.99. The van der Waals surface area contributed by atoms with Crippen molar-refractivity contribution in [3.63, 3.8) is 0 Å². The van der Waals surface area contributed by atoms with E-state index in [1.807, 2.05) is 17.5 Å². The van der Waals surface area contributed by atoms with Crippen LogP contribution < -0.4 is 5.32 Å². The molecule has 0 aliphatic carbocycles. The molecule has 0 fully saturated rings. The molecule has 84 valence electrons. The third-order valence-corrected chi connectivity index (χ3v) is 2.96. The van der Waals surface area contributed by atoms with Gasteiger partial charge in [-0.15, -0.1) is 16.4 Å². The van der Waals surface area contributed by atoms with Crippen LogP contribution >= 0.6 is 11.3 Å². The van der Waals surface area contributed by atoms with Crippen LogP contribution in [0.15, 0.2) is 17.5 Å². The van der Waals surface area contributed by atoms with Crippen LogP contribution in [0.1, 0.15) is 17.1 Å². The molecule has 0 atom stereocenters. The number of anilines is 1. The number of H-pyrrole nitrogens is 1. The number of nitrogens with one attached hydrogen (secondary N) is 2. The van der Waals surface area contributed by atoms with Crippen molar-refractivity contribution >= 4 is 23.2 Å². The Bertz CT molecular complexity index is 463. The first-order chi connectivity index (χ1) is 7.74. The number of aryl methyl sites for hydroxylation is 2. The second kappa shape index (κ2) is 4.89. The van der Waals surface area contributed by atoms with Crippen LogP contribution in [0.5, 0.6) is 0 Å². The van der Waals surface area contributed by atoms with E-state index in [9.17, 15) is 4.79 Å². The van der Waals surface area contributed by atoms with Gasteiger partial charge in [0, 0.05) is 11.3 Å². The van der Waals surface area contributed by atoms with E-state index >= 15 is 0 Å². The molecule has 0 bridgehead atoms. The maximum Gasteiger partial charge on any atom is 0.248 e. The highest BCUT2D eigenvalue weighted by molar-refractivity contribution is 7.09. The van der Waals surface area contributed by atoms with Gasteiger partial charge < -0.3 is 0 Å². The largest absolute Gasteiger partial charge is 0.293 e. The fourth-order valence-electron chi connectivity index (χ4n) is 1.28. The molecule has 0 unspecified atom stereocenters. The molecule has 2 N–H and O–H groups in total. The number of amides is 1. The summed E-state index contributed by atoms with van der Waals surface area (Å²) in [5.41, 5.74) is 0. The van der Waals surface area contributed by atoms with Crippen molar-refractivity contribution in [3.8, 4) is 0 Å². The minimum Gasteiger partial charge on any atom is -0.293 e. The number of carbonyl (C=O) groups excluding carboxylic acids is 1. The third kappa shape index (κ3) is 2.90. The Hall–Kier alpha value is -1.69. The fraction of sp³-hybridized carbons (Fsp3) is 0.300. The molecule has 0 radical (unpaired) electrons. The molecule has 0 saturated heterocycles. The summed E-state index contributed by atoms with van der Waals surface area (Å²) in [6.45, 7) is 1.79. The molecule has 1 amide bonds. The van der Waals surface area contributed by atoms with E-state index in [1.54, 1.807) is 18.3 Å². The van der Waals surface area contributed by atoms with Gasteiger partial charge in [-0.05, 0) is 24.8 Å². The summed E-state index contributed by atoms with van der Waals surface area (Å²) >= 11 is 1.66. The molecule has 6 heteroatoms. The summed E-state index contributed by atoms with van der Waals surface area (Å²) in [6, 6.07) is 4.01. The maximum absolute atomic E-state index is 11.5. The zero-order chi connectivity index (χ0) is 11.4. The zero-order valence-corrected chi connectivity index (χ0v) is 9.67. The first-order valence-electron chi connectivity index (χ1n) is 4.95. The van der Waals surface area contributed by atoms with Crippen LogP contribution in [0.2, 0.25) is 0 Å². The lowest BCUT2D eigenvalue weighted by molar-refractivity contribution is -0.116. The van der Waals surface area contributed by atoms with Crippen molar-refractivity contribution in [3.05, 3.63) is 28.2 Å². The number of nitrogens with zero attached hydrogens (tertiary/aromatic N) is 2. The van der Waals surface area contributed by atoms with Gasteiger partial charge in [0.15, 0.2) is 0 Å². The Kier molecular flexibility index (Phi) is 3.31. The predicted molar refractivity (Wildman–Crippen MR) is 62.4 cm³/mol. The number of hydrogen-bond acceptors (Lipinski definition) is 4. The lowest BCUT2D eigenvalue weighted by atomic mass is 10.2. The number of aromatic amines is 1. The van der Waals surface area contributed by atoms with Crippen molar-refractivity contribution < 1.29 is 4.79 Å².